The second kappa shape index (κ2) is 12.9. The molecule has 3 amide bonds. The van der Waals surface area contributed by atoms with Crippen LogP contribution in [0.5, 0.6) is 0 Å². The lowest BCUT2D eigenvalue weighted by Gasteiger charge is -2.37. The maximum absolute atomic E-state index is 13.3. The van der Waals surface area contributed by atoms with E-state index in [-0.39, 0.29) is 16.5 Å². The average molecular weight is 585 g/mol. The fraction of sp³-hybridized carbons (Fsp3) is 0.680. The van der Waals surface area contributed by atoms with Gasteiger partial charge in [-0.05, 0) is 62.3 Å². The number of nitrogens with one attached hydrogen (secondary N) is 4. The number of aliphatic hydroxyl groups excluding tert-OH is 1. The number of nitrogens with zero attached hydrogens (tertiary/aromatic N) is 2. The molecule has 0 aromatic carbocycles. The number of ether oxygens (including phenoxy) is 2. The molecule has 1 saturated heterocycles. The first-order valence-electron chi connectivity index (χ1n) is 12.7. The molecular weight excluding hydrogens is 544 g/mol. The first kappa shape index (κ1) is 32.9. The Hall–Kier alpha value is -3.30. The topological polar surface area (TPSA) is 190 Å². The minimum Gasteiger partial charge on any atom is -0.457 e. The Kier molecular flexibility index (Phi) is 10.6. The van der Waals surface area contributed by atoms with Gasteiger partial charge in [-0.2, -0.15) is 0 Å². The molecule has 2 rings (SSSR count). The van der Waals surface area contributed by atoms with E-state index in [0.29, 0.717) is 13.1 Å². The monoisotopic (exact) mass is 584 g/mol. The second-order valence-electron chi connectivity index (χ2n) is 11.8. The predicted molar refractivity (Wildman–Crippen MR) is 148 cm³/mol. The summed E-state index contributed by atoms with van der Waals surface area (Å²) >= 11 is 1.01. The number of esters is 1. The third kappa shape index (κ3) is 10.4. The Morgan fingerprint density at radius 1 is 1.12 bits per heavy atom. The van der Waals surface area contributed by atoms with Gasteiger partial charge >= 0.3 is 12.1 Å². The van der Waals surface area contributed by atoms with E-state index in [2.05, 4.69) is 31.4 Å². The van der Waals surface area contributed by atoms with Gasteiger partial charge in [-0.15, -0.1) is 11.3 Å². The maximum atomic E-state index is 13.3. The average Bonchev–Trinajstić information content (AvgIpc) is 3.22. The molecule has 1 aliphatic heterocycles. The Labute approximate surface area is 237 Å². The van der Waals surface area contributed by atoms with Crippen molar-refractivity contribution in [3.05, 3.63) is 11.1 Å². The van der Waals surface area contributed by atoms with Crippen LogP contribution in [0.25, 0.3) is 0 Å². The van der Waals surface area contributed by atoms with Crippen LogP contribution < -0.4 is 21.3 Å². The molecule has 0 aliphatic carbocycles. The molecule has 224 valence electrons. The zero-order valence-corrected chi connectivity index (χ0v) is 25.1. The van der Waals surface area contributed by atoms with Crippen molar-refractivity contribution in [2.45, 2.75) is 97.3 Å². The van der Waals surface area contributed by atoms with Crippen molar-refractivity contribution >= 4 is 46.1 Å². The first-order chi connectivity index (χ1) is 18.3. The summed E-state index contributed by atoms with van der Waals surface area (Å²) in [6.45, 7) is 15.3. The summed E-state index contributed by atoms with van der Waals surface area (Å²) in [5.41, 5.74) is -3.40. The summed E-state index contributed by atoms with van der Waals surface area (Å²) in [5.74, 6) is -1.91. The number of hydrogen-bond donors (Lipinski definition) is 5. The van der Waals surface area contributed by atoms with Gasteiger partial charge in [-0.1, -0.05) is 5.16 Å². The SMILES string of the molecule is C[C@@H](O)CNC[C@@H]1NC(=O)[C@H]1NC(=O)C(=NOC(C)(C)C(=O)OC(C)(C)C)c1csc(NC(=O)OC(C)(C)C)n1. The molecule has 1 aromatic rings. The summed E-state index contributed by atoms with van der Waals surface area (Å²) in [6, 6.07) is -1.33. The molecule has 1 aliphatic rings. The van der Waals surface area contributed by atoms with Crippen molar-refractivity contribution in [3.8, 4) is 0 Å². The molecular formula is C25H40N6O8S. The molecule has 0 unspecified atom stereocenters. The van der Waals surface area contributed by atoms with Crippen LogP contribution in [0.15, 0.2) is 10.5 Å². The number of aromatic nitrogens is 1. The molecule has 3 atom stereocenters. The van der Waals surface area contributed by atoms with Crippen molar-refractivity contribution < 1.29 is 38.6 Å². The van der Waals surface area contributed by atoms with E-state index in [4.69, 9.17) is 14.3 Å². The van der Waals surface area contributed by atoms with Crippen LogP contribution in [0.4, 0.5) is 9.93 Å². The molecule has 0 radical (unpaired) electrons. The second-order valence-corrected chi connectivity index (χ2v) is 12.6. The lowest BCUT2D eigenvalue weighted by Crippen LogP contribution is -2.72. The summed E-state index contributed by atoms with van der Waals surface area (Å²) in [7, 11) is 0. The fourth-order valence-corrected chi connectivity index (χ4v) is 3.75. The molecule has 2 heterocycles. The van der Waals surface area contributed by atoms with Gasteiger partial charge in [0.15, 0.2) is 10.8 Å². The number of aliphatic hydroxyl groups is 1. The van der Waals surface area contributed by atoms with Crippen molar-refractivity contribution in [3.63, 3.8) is 0 Å². The number of carbonyl (C=O) groups is 4. The van der Waals surface area contributed by atoms with Crippen molar-refractivity contribution in [2.75, 3.05) is 18.4 Å². The smallest absolute Gasteiger partial charge is 0.413 e. The van der Waals surface area contributed by atoms with E-state index in [1.165, 1.54) is 19.2 Å². The van der Waals surface area contributed by atoms with Crippen LogP contribution in [0.2, 0.25) is 0 Å². The van der Waals surface area contributed by atoms with Gasteiger partial charge in [0, 0.05) is 18.5 Å². The van der Waals surface area contributed by atoms with Crippen LogP contribution in [-0.2, 0) is 28.7 Å². The Bertz CT molecular complexity index is 1120. The Balaban J connectivity index is 2.27. The van der Waals surface area contributed by atoms with E-state index in [0.717, 1.165) is 11.3 Å². The third-order valence-corrected chi connectivity index (χ3v) is 5.69. The van der Waals surface area contributed by atoms with Gasteiger partial charge in [0.25, 0.3) is 5.91 Å². The summed E-state index contributed by atoms with van der Waals surface area (Å²) in [5, 5.41) is 25.7. The van der Waals surface area contributed by atoms with Crippen LogP contribution in [0.1, 0.15) is 68.0 Å². The van der Waals surface area contributed by atoms with Gasteiger partial charge in [0.2, 0.25) is 11.5 Å². The van der Waals surface area contributed by atoms with Crippen LogP contribution in [0.3, 0.4) is 0 Å². The molecule has 0 spiro atoms. The Morgan fingerprint density at radius 3 is 2.30 bits per heavy atom. The van der Waals surface area contributed by atoms with E-state index in [9.17, 15) is 24.3 Å². The molecule has 40 heavy (non-hydrogen) atoms. The number of β-lactam (4-membered cyclic amide) rings is 1. The van der Waals surface area contributed by atoms with Crippen molar-refractivity contribution in [1.29, 1.82) is 0 Å². The number of carbonyl (C=O) groups excluding carboxylic acids is 4. The minimum absolute atomic E-state index is 0.0251. The van der Waals surface area contributed by atoms with Gasteiger partial charge in [-0.3, -0.25) is 14.9 Å². The van der Waals surface area contributed by atoms with Gasteiger partial charge in [0.1, 0.15) is 22.9 Å². The highest BCUT2D eigenvalue weighted by Gasteiger charge is 2.41. The van der Waals surface area contributed by atoms with Crippen molar-refractivity contribution in [1.82, 2.24) is 20.9 Å². The molecule has 1 fully saturated rings. The summed E-state index contributed by atoms with van der Waals surface area (Å²) < 4.78 is 10.6. The largest absolute Gasteiger partial charge is 0.457 e. The lowest BCUT2D eigenvalue weighted by molar-refractivity contribution is -0.179. The number of hydrogen-bond acceptors (Lipinski definition) is 12. The molecule has 5 N–H and O–H groups in total. The molecule has 15 heteroatoms. The summed E-state index contributed by atoms with van der Waals surface area (Å²) in [4.78, 5) is 60.0. The minimum atomic E-state index is -1.58. The fourth-order valence-electron chi connectivity index (χ4n) is 3.07. The van der Waals surface area contributed by atoms with E-state index in [1.807, 2.05) is 0 Å². The van der Waals surface area contributed by atoms with Gasteiger partial charge in [0.05, 0.1) is 12.1 Å². The standard InChI is InChI=1S/C25H40N6O8S/c1-13(32)10-26-11-14-16(18(33)27-14)29-19(34)17(31-39-25(8,9)20(35)37-23(2,3)4)15-12-40-21(28-15)30-22(36)38-24(5,6)7/h12-14,16,26,32H,10-11H2,1-9H3,(H,27,33)(H,29,34)(H,28,30,36)/t13-,14+,16+/m1/s1. The number of thiazole rings is 1. The number of amides is 3. The Morgan fingerprint density at radius 2 is 1.75 bits per heavy atom. The van der Waals surface area contributed by atoms with E-state index in [1.54, 1.807) is 48.5 Å². The van der Waals surface area contributed by atoms with Crippen LogP contribution >= 0.6 is 11.3 Å². The molecule has 1 aromatic heterocycles. The third-order valence-electron chi connectivity index (χ3n) is 4.93. The number of anilines is 1. The van der Waals surface area contributed by atoms with Crippen molar-refractivity contribution in [2.24, 2.45) is 5.16 Å². The highest BCUT2D eigenvalue weighted by molar-refractivity contribution is 7.14. The molecule has 0 saturated carbocycles. The number of oxime groups is 1. The number of rotatable bonds is 11. The van der Waals surface area contributed by atoms with E-state index >= 15 is 0 Å². The maximum Gasteiger partial charge on any atom is 0.413 e. The zero-order chi connectivity index (χ0) is 30.5. The summed E-state index contributed by atoms with van der Waals surface area (Å²) in [6.07, 6.45) is -1.32. The zero-order valence-electron chi connectivity index (χ0n) is 24.3. The molecule has 14 nitrogen and oxygen atoms in total. The quantitative estimate of drug-likeness (QED) is 0.110. The van der Waals surface area contributed by atoms with Crippen LogP contribution in [-0.4, -0.2) is 87.8 Å². The lowest BCUT2D eigenvalue weighted by atomic mass is 9.98. The normalized spacial score (nSPS) is 18.6. The first-order valence-corrected chi connectivity index (χ1v) is 13.6. The highest BCUT2D eigenvalue weighted by atomic mass is 32.1. The molecule has 0 bridgehead atoms. The van der Waals surface area contributed by atoms with E-state index < -0.39 is 58.9 Å². The predicted octanol–water partition coefficient (Wildman–Crippen LogP) is 1.28. The highest BCUT2D eigenvalue weighted by Crippen LogP contribution is 2.21. The van der Waals surface area contributed by atoms with Crippen LogP contribution in [0, 0.1) is 0 Å². The van der Waals surface area contributed by atoms with Gasteiger partial charge < -0.3 is 35.4 Å². The van der Waals surface area contributed by atoms with Gasteiger partial charge in [-0.25, -0.2) is 14.6 Å².